The monoisotopic (exact) mass is 312 g/mol. The van der Waals surface area contributed by atoms with E-state index in [1.807, 2.05) is 49.4 Å². The Bertz CT molecular complexity index is 639. The van der Waals surface area contributed by atoms with Crippen molar-refractivity contribution in [3.63, 3.8) is 0 Å². The van der Waals surface area contributed by atoms with E-state index in [4.69, 9.17) is 4.74 Å². The Morgan fingerprint density at radius 2 is 1.65 bits per heavy atom. The van der Waals surface area contributed by atoms with Gasteiger partial charge in [-0.1, -0.05) is 35.9 Å². The first kappa shape index (κ1) is 16.5. The number of benzene rings is 2. The van der Waals surface area contributed by atoms with E-state index in [1.54, 1.807) is 12.1 Å². The molecule has 2 aromatic carbocycles. The highest BCUT2D eigenvalue weighted by Gasteiger charge is 2.07. The second kappa shape index (κ2) is 8.58. The number of hydrogen-bond acceptors (Lipinski definition) is 3. The third-order valence-electron chi connectivity index (χ3n) is 3.19. The fraction of sp³-hybridized carbons (Fsp3) is 0.222. The Balaban J connectivity index is 1.63. The van der Waals surface area contributed by atoms with Gasteiger partial charge < -0.3 is 4.74 Å². The minimum atomic E-state index is -0.334. The molecular formula is C18H20N2O3. The van der Waals surface area contributed by atoms with Crippen molar-refractivity contribution in [2.75, 3.05) is 6.61 Å². The Hall–Kier alpha value is -2.82. The van der Waals surface area contributed by atoms with Crippen LogP contribution in [0.2, 0.25) is 0 Å². The highest BCUT2D eigenvalue weighted by atomic mass is 16.5. The topological polar surface area (TPSA) is 67.4 Å². The number of aryl methyl sites for hydroxylation is 1. The standard InChI is InChI=1S/C18H20N2O3/c1-14-9-11-15(12-10-14)18(22)20-19-17(21)8-5-13-23-16-6-3-2-4-7-16/h2-4,6-7,9-12H,5,8,13H2,1H3,(H,19,21)(H,20,22). The highest BCUT2D eigenvalue weighted by molar-refractivity contribution is 5.95. The lowest BCUT2D eigenvalue weighted by molar-refractivity contribution is -0.122. The second-order valence-corrected chi connectivity index (χ2v) is 5.13. The average molecular weight is 312 g/mol. The number of hydrazine groups is 1. The maximum atomic E-state index is 11.8. The number of hydrogen-bond donors (Lipinski definition) is 2. The summed E-state index contributed by atoms with van der Waals surface area (Å²) in [6, 6.07) is 16.5. The molecule has 0 fully saturated rings. The predicted molar refractivity (Wildman–Crippen MR) is 88.0 cm³/mol. The fourth-order valence-electron chi connectivity index (χ4n) is 1.91. The third kappa shape index (κ3) is 5.82. The van der Waals surface area contributed by atoms with E-state index in [0.29, 0.717) is 18.6 Å². The van der Waals surface area contributed by atoms with Gasteiger partial charge in [0.2, 0.25) is 5.91 Å². The van der Waals surface area contributed by atoms with E-state index in [-0.39, 0.29) is 18.2 Å². The van der Waals surface area contributed by atoms with Crippen LogP contribution in [0, 0.1) is 6.92 Å². The molecule has 0 spiro atoms. The van der Waals surface area contributed by atoms with Crippen LogP contribution in [-0.4, -0.2) is 18.4 Å². The van der Waals surface area contributed by atoms with Crippen molar-refractivity contribution in [3.05, 3.63) is 65.7 Å². The van der Waals surface area contributed by atoms with Gasteiger partial charge in [0, 0.05) is 12.0 Å². The van der Waals surface area contributed by atoms with Gasteiger partial charge in [0.25, 0.3) is 5.91 Å². The summed E-state index contributed by atoms with van der Waals surface area (Å²) in [7, 11) is 0. The smallest absolute Gasteiger partial charge is 0.269 e. The van der Waals surface area contributed by atoms with Crippen molar-refractivity contribution in [1.82, 2.24) is 10.9 Å². The number of rotatable bonds is 6. The number of carbonyl (C=O) groups is 2. The molecule has 0 saturated carbocycles. The van der Waals surface area contributed by atoms with E-state index >= 15 is 0 Å². The number of carbonyl (C=O) groups excluding carboxylic acids is 2. The molecule has 0 heterocycles. The van der Waals surface area contributed by atoms with Gasteiger partial charge in [-0.3, -0.25) is 20.4 Å². The van der Waals surface area contributed by atoms with Crippen LogP contribution in [0.1, 0.15) is 28.8 Å². The molecule has 0 aliphatic heterocycles. The summed E-state index contributed by atoms with van der Waals surface area (Å²) < 4.78 is 5.50. The summed E-state index contributed by atoms with van der Waals surface area (Å²) in [4.78, 5) is 23.5. The minimum Gasteiger partial charge on any atom is -0.494 e. The molecule has 2 aromatic rings. The molecule has 0 aliphatic carbocycles. The molecular weight excluding hydrogens is 292 g/mol. The first-order valence-corrected chi connectivity index (χ1v) is 7.49. The van der Waals surface area contributed by atoms with Crippen LogP contribution in [0.4, 0.5) is 0 Å². The molecule has 2 amide bonds. The summed E-state index contributed by atoms with van der Waals surface area (Å²) in [6.45, 7) is 2.39. The van der Waals surface area contributed by atoms with Gasteiger partial charge in [0.15, 0.2) is 0 Å². The Morgan fingerprint density at radius 3 is 2.35 bits per heavy atom. The molecule has 0 bridgehead atoms. The van der Waals surface area contributed by atoms with Crippen molar-refractivity contribution in [3.8, 4) is 5.75 Å². The van der Waals surface area contributed by atoms with Crippen LogP contribution in [0.3, 0.4) is 0 Å². The lowest BCUT2D eigenvalue weighted by Gasteiger charge is -2.08. The van der Waals surface area contributed by atoms with E-state index < -0.39 is 0 Å². The predicted octanol–water partition coefficient (Wildman–Crippen LogP) is 2.62. The first-order chi connectivity index (χ1) is 11.1. The molecule has 120 valence electrons. The fourth-order valence-corrected chi connectivity index (χ4v) is 1.91. The van der Waals surface area contributed by atoms with Crippen LogP contribution in [0.15, 0.2) is 54.6 Å². The van der Waals surface area contributed by atoms with Gasteiger partial charge in [0.05, 0.1) is 6.61 Å². The average Bonchev–Trinajstić information content (AvgIpc) is 2.58. The van der Waals surface area contributed by atoms with Gasteiger partial charge in [0.1, 0.15) is 5.75 Å². The number of amides is 2. The van der Waals surface area contributed by atoms with Gasteiger partial charge in [-0.05, 0) is 37.6 Å². The molecule has 2 rings (SSSR count). The Labute approximate surface area is 135 Å². The molecule has 2 N–H and O–H groups in total. The van der Waals surface area contributed by atoms with Crippen molar-refractivity contribution in [2.45, 2.75) is 19.8 Å². The first-order valence-electron chi connectivity index (χ1n) is 7.49. The molecule has 0 unspecified atom stereocenters. The maximum Gasteiger partial charge on any atom is 0.269 e. The normalized spacial score (nSPS) is 9.96. The zero-order valence-corrected chi connectivity index (χ0v) is 13.0. The quantitative estimate of drug-likeness (QED) is 0.636. The summed E-state index contributed by atoms with van der Waals surface area (Å²) in [5.74, 6) is 0.196. The molecule has 0 aromatic heterocycles. The molecule has 5 nitrogen and oxygen atoms in total. The minimum absolute atomic E-state index is 0.248. The third-order valence-corrected chi connectivity index (χ3v) is 3.19. The molecule has 0 radical (unpaired) electrons. The van der Waals surface area contributed by atoms with Gasteiger partial charge >= 0.3 is 0 Å². The molecule has 0 aliphatic rings. The van der Waals surface area contributed by atoms with Crippen LogP contribution < -0.4 is 15.6 Å². The van der Waals surface area contributed by atoms with Crippen LogP contribution >= 0.6 is 0 Å². The van der Waals surface area contributed by atoms with Crippen molar-refractivity contribution in [2.24, 2.45) is 0 Å². The van der Waals surface area contributed by atoms with E-state index in [0.717, 1.165) is 11.3 Å². The zero-order chi connectivity index (χ0) is 16.5. The molecule has 5 heteroatoms. The van der Waals surface area contributed by atoms with Crippen LogP contribution in [0.25, 0.3) is 0 Å². The number of nitrogens with one attached hydrogen (secondary N) is 2. The van der Waals surface area contributed by atoms with Gasteiger partial charge in [-0.2, -0.15) is 0 Å². The molecule has 0 atom stereocenters. The Morgan fingerprint density at radius 1 is 0.957 bits per heavy atom. The van der Waals surface area contributed by atoms with Crippen LogP contribution in [0.5, 0.6) is 5.75 Å². The molecule has 0 saturated heterocycles. The summed E-state index contributed by atoms with van der Waals surface area (Å²) in [6.07, 6.45) is 0.849. The number of ether oxygens (including phenoxy) is 1. The largest absolute Gasteiger partial charge is 0.494 e. The highest BCUT2D eigenvalue weighted by Crippen LogP contribution is 2.08. The van der Waals surface area contributed by atoms with E-state index in [2.05, 4.69) is 10.9 Å². The zero-order valence-electron chi connectivity index (χ0n) is 13.0. The second-order valence-electron chi connectivity index (χ2n) is 5.13. The van der Waals surface area contributed by atoms with Crippen LogP contribution in [-0.2, 0) is 4.79 Å². The van der Waals surface area contributed by atoms with Gasteiger partial charge in [-0.15, -0.1) is 0 Å². The summed E-state index contributed by atoms with van der Waals surface area (Å²) in [5, 5.41) is 0. The molecule has 23 heavy (non-hydrogen) atoms. The summed E-state index contributed by atoms with van der Waals surface area (Å²) >= 11 is 0. The van der Waals surface area contributed by atoms with E-state index in [9.17, 15) is 9.59 Å². The lowest BCUT2D eigenvalue weighted by atomic mass is 10.1. The SMILES string of the molecule is Cc1ccc(C(=O)NNC(=O)CCCOc2ccccc2)cc1. The van der Waals surface area contributed by atoms with Crippen molar-refractivity contribution in [1.29, 1.82) is 0 Å². The Kier molecular flexibility index (Phi) is 6.17. The van der Waals surface area contributed by atoms with Crippen molar-refractivity contribution < 1.29 is 14.3 Å². The van der Waals surface area contributed by atoms with E-state index in [1.165, 1.54) is 0 Å². The summed E-state index contributed by atoms with van der Waals surface area (Å²) in [5.41, 5.74) is 6.37. The van der Waals surface area contributed by atoms with Gasteiger partial charge in [-0.25, -0.2) is 0 Å². The van der Waals surface area contributed by atoms with Crippen molar-refractivity contribution >= 4 is 11.8 Å². The maximum absolute atomic E-state index is 11.8. The lowest BCUT2D eigenvalue weighted by Crippen LogP contribution is -2.41. The number of para-hydroxylation sites is 1.